The molecule has 6 nitrogen and oxygen atoms in total. The molecular weight excluding hydrogens is 419 g/mol. The van der Waals surface area contributed by atoms with Gasteiger partial charge < -0.3 is 15.2 Å². The van der Waals surface area contributed by atoms with Crippen molar-refractivity contribution in [1.82, 2.24) is 9.55 Å². The first kappa shape index (κ1) is 22.0. The standard InChI is InChI=1S/C26H23FN4O2/c1-18(32)29-23-13-7-19(8-14-23)15-24(33)30-26-25(21-9-11-22(27)12-10-21)28-17-31(26)16-20-5-3-2-4-6-20/h2-14,17H,15-16H2,1H3,(H,29,32)(H,30,33). The van der Waals surface area contributed by atoms with Crippen LogP contribution in [0.25, 0.3) is 11.3 Å². The maximum atomic E-state index is 13.4. The van der Waals surface area contributed by atoms with Crippen LogP contribution in [-0.4, -0.2) is 21.4 Å². The summed E-state index contributed by atoms with van der Waals surface area (Å²) in [4.78, 5) is 28.6. The summed E-state index contributed by atoms with van der Waals surface area (Å²) in [6.07, 6.45) is 1.82. The van der Waals surface area contributed by atoms with Crippen molar-refractivity contribution in [3.8, 4) is 11.3 Å². The third kappa shape index (κ3) is 5.71. The number of hydrogen-bond donors (Lipinski definition) is 2. The fraction of sp³-hybridized carbons (Fsp3) is 0.115. The summed E-state index contributed by atoms with van der Waals surface area (Å²) in [7, 11) is 0. The maximum absolute atomic E-state index is 13.4. The van der Waals surface area contributed by atoms with E-state index in [1.165, 1.54) is 19.1 Å². The topological polar surface area (TPSA) is 76.0 Å². The van der Waals surface area contributed by atoms with Gasteiger partial charge in [-0.1, -0.05) is 42.5 Å². The number of imidazole rings is 1. The second-order valence-electron chi connectivity index (χ2n) is 7.67. The predicted molar refractivity (Wildman–Crippen MR) is 126 cm³/mol. The highest BCUT2D eigenvalue weighted by atomic mass is 19.1. The van der Waals surface area contributed by atoms with Crippen molar-refractivity contribution >= 4 is 23.3 Å². The van der Waals surface area contributed by atoms with Crippen molar-refractivity contribution < 1.29 is 14.0 Å². The van der Waals surface area contributed by atoms with Gasteiger partial charge >= 0.3 is 0 Å². The molecule has 4 rings (SSSR count). The van der Waals surface area contributed by atoms with Gasteiger partial charge in [0, 0.05) is 18.2 Å². The van der Waals surface area contributed by atoms with E-state index in [-0.39, 0.29) is 24.1 Å². The van der Waals surface area contributed by atoms with Crippen LogP contribution in [0.1, 0.15) is 18.1 Å². The number of carbonyl (C=O) groups is 2. The highest BCUT2D eigenvalue weighted by Gasteiger charge is 2.16. The molecule has 1 heterocycles. The first-order valence-corrected chi connectivity index (χ1v) is 10.5. The molecule has 33 heavy (non-hydrogen) atoms. The molecule has 4 aromatic rings. The van der Waals surface area contributed by atoms with Gasteiger partial charge in [-0.25, -0.2) is 9.37 Å². The quantitative estimate of drug-likeness (QED) is 0.428. The molecular formula is C26H23FN4O2. The van der Waals surface area contributed by atoms with Crippen molar-refractivity contribution in [1.29, 1.82) is 0 Å². The zero-order valence-electron chi connectivity index (χ0n) is 18.1. The molecule has 3 aromatic carbocycles. The summed E-state index contributed by atoms with van der Waals surface area (Å²) in [5.41, 5.74) is 3.81. The third-order valence-electron chi connectivity index (χ3n) is 5.05. The zero-order valence-corrected chi connectivity index (χ0v) is 18.1. The summed E-state index contributed by atoms with van der Waals surface area (Å²) in [5, 5.41) is 5.69. The lowest BCUT2D eigenvalue weighted by atomic mass is 10.1. The molecule has 166 valence electrons. The molecule has 0 aliphatic rings. The Morgan fingerprint density at radius 2 is 1.58 bits per heavy atom. The zero-order chi connectivity index (χ0) is 23.2. The fourth-order valence-electron chi connectivity index (χ4n) is 3.50. The minimum absolute atomic E-state index is 0.152. The molecule has 0 spiro atoms. The Morgan fingerprint density at radius 3 is 2.24 bits per heavy atom. The Bertz CT molecular complexity index is 1250. The van der Waals surface area contributed by atoms with E-state index in [9.17, 15) is 14.0 Å². The number of hydrogen-bond acceptors (Lipinski definition) is 3. The second kappa shape index (κ2) is 9.91. The number of aromatic nitrogens is 2. The van der Waals surface area contributed by atoms with Crippen LogP contribution >= 0.6 is 0 Å². The molecule has 2 amide bonds. The van der Waals surface area contributed by atoms with E-state index in [4.69, 9.17) is 0 Å². The Morgan fingerprint density at radius 1 is 0.879 bits per heavy atom. The molecule has 0 atom stereocenters. The predicted octanol–water partition coefficient (Wildman–Crippen LogP) is 4.88. The van der Waals surface area contributed by atoms with Crippen molar-refractivity contribution in [3.05, 3.63) is 102 Å². The van der Waals surface area contributed by atoms with Crippen LogP contribution in [-0.2, 0) is 22.6 Å². The summed E-state index contributed by atoms with van der Waals surface area (Å²) < 4.78 is 15.3. The first-order chi connectivity index (χ1) is 16.0. The van der Waals surface area contributed by atoms with E-state index in [1.807, 2.05) is 34.9 Å². The van der Waals surface area contributed by atoms with E-state index in [0.717, 1.165) is 11.1 Å². The van der Waals surface area contributed by atoms with Crippen molar-refractivity contribution in [2.24, 2.45) is 0 Å². The van der Waals surface area contributed by atoms with Crippen LogP contribution < -0.4 is 10.6 Å². The molecule has 0 aliphatic carbocycles. The SMILES string of the molecule is CC(=O)Nc1ccc(CC(=O)Nc2c(-c3ccc(F)cc3)ncn2Cc2ccccc2)cc1. The van der Waals surface area contributed by atoms with Crippen molar-refractivity contribution in [2.75, 3.05) is 10.6 Å². The van der Waals surface area contributed by atoms with Gasteiger partial charge in [-0.3, -0.25) is 9.59 Å². The van der Waals surface area contributed by atoms with E-state index < -0.39 is 0 Å². The normalized spacial score (nSPS) is 10.6. The molecule has 0 fully saturated rings. The Kier molecular flexibility index (Phi) is 6.59. The molecule has 0 saturated carbocycles. The number of nitrogens with one attached hydrogen (secondary N) is 2. The third-order valence-corrected chi connectivity index (χ3v) is 5.05. The summed E-state index contributed by atoms with van der Waals surface area (Å²) in [6.45, 7) is 1.97. The molecule has 0 radical (unpaired) electrons. The maximum Gasteiger partial charge on any atom is 0.229 e. The van der Waals surface area contributed by atoms with Gasteiger partial charge in [0.05, 0.1) is 19.3 Å². The average molecular weight is 442 g/mol. The number of rotatable bonds is 7. The van der Waals surface area contributed by atoms with Crippen molar-refractivity contribution in [3.63, 3.8) is 0 Å². The highest BCUT2D eigenvalue weighted by Crippen LogP contribution is 2.28. The van der Waals surface area contributed by atoms with Gasteiger partial charge in [-0.15, -0.1) is 0 Å². The summed E-state index contributed by atoms with van der Waals surface area (Å²) >= 11 is 0. The average Bonchev–Trinajstić information content (AvgIpc) is 3.18. The van der Waals surface area contributed by atoms with Gasteiger partial charge in [-0.05, 0) is 47.5 Å². The van der Waals surface area contributed by atoms with Crippen LogP contribution in [0.4, 0.5) is 15.9 Å². The Hall–Kier alpha value is -4.26. The number of halogens is 1. The minimum atomic E-state index is -0.337. The molecule has 0 unspecified atom stereocenters. The lowest BCUT2D eigenvalue weighted by Crippen LogP contribution is -2.18. The van der Waals surface area contributed by atoms with Gasteiger partial charge in [0.25, 0.3) is 0 Å². The summed E-state index contributed by atoms with van der Waals surface area (Å²) in [5.74, 6) is -0.151. The van der Waals surface area contributed by atoms with Gasteiger partial charge in [0.2, 0.25) is 11.8 Å². The molecule has 0 aliphatic heterocycles. The van der Waals surface area contributed by atoms with E-state index in [1.54, 1.807) is 42.7 Å². The number of amides is 2. The molecule has 0 bridgehead atoms. The lowest BCUT2D eigenvalue weighted by Gasteiger charge is -2.12. The van der Waals surface area contributed by atoms with Gasteiger partial charge in [-0.2, -0.15) is 0 Å². The Labute approximate surface area is 191 Å². The highest BCUT2D eigenvalue weighted by molar-refractivity contribution is 5.95. The minimum Gasteiger partial charge on any atom is -0.326 e. The van der Waals surface area contributed by atoms with Crippen molar-refractivity contribution in [2.45, 2.75) is 19.9 Å². The van der Waals surface area contributed by atoms with Crippen LogP contribution in [0, 0.1) is 5.82 Å². The van der Waals surface area contributed by atoms with Crippen LogP contribution in [0.15, 0.2) is 85.2 Å². The van der Waals surface area contributed by atoms with Crippen LogP contribution in [0.2, 0.25) is 0 Å². The van der Waals surface area contributed by atoms with Gasteiger partial charge in [0.15, 0.2) is 0 Å². The van der Waals surface area contributed by atoms with E-state index in [0.29, 0.717) is 29.3 Å². The number of anilines is 2. The van der Waals surface area contributed by atoms with E-state index in [2.05, 4.69) is 15.6 Å². The lowest BCUT2D eigenvalue weighted by molar-refractivity contribution is -0.116. The van der Waals surface area contributed by atoms with Crippen LogP contribution in [0.3, 0.4) is 0 Å². The monoisotopic (exact) mass is 442 g/mol. The smallest absolute Gasteiger partial charge is 0.229 e. The number of nitrogens with zero attached hydrogens (tertiary/aromatic N) is 2. The largest absolute Gasteiger partial charge is 0.326 e. The van der Waals surface area contributed by atoms with E-state index >= 15 is 0 Å². The molecule has 0 saturated heterocycles. The second-order valence-corrected chi connectivity index (χ2v) is 7.67. The summed E-state index contributed by atoms with van der Waals surface area (Å²) in [6, 6.07) is 23.0. The molecule has 1 aromatic heterocycles. The molecule has 7 heteroatoms. The van der Waals surface area contributed by atoms with Gasteiger partial charge in [0.1, 0.15) is 17.3 Å². The number of carbonyl (C=O) groups excluding carboxylic acids is 2. The fourth-order valence-corrected chi connectivity index (χ4v) is 3.50. The van der Waals surface area contributed by atoms with Crippen LogP contribution in [0.5, 0.6) is 0 Å². The Balaban J connectivity index is 1.57. The number of benzene rings is 3. The molecule has 2 N–H and O–H groups in total. The first-order valence-electron chi connectivity index (χ1n) is 10.5.